The molecule has 5 nitrogen and oxygen atoms in total. The van der Waals surface area contributed by atoms with E-state index in [4.69, 9.17) is 10.8 Å². The average molecular weight is 186 g/mol. The molecule has 5 heteroatoms. The van der Waals surface area contributed by atoms with Crippen LogP contribution in [0.4, 0.5) is 0 Å². The first-order valence-electron chi connectivity index (χ1n) is 4.33. The molecule has 0 radical (unpaired) electrons. The third-order valence-electron chi connectivity index (χ3n) is 2.21. The number of rotatable bonds is 2. The zero-order valence-corrected chi connectivity index (χ0v) is 7.56. The molecular weight excluding hydrogens is 172 g/mol. The summed E-state index contributed by atoms with van der Waals surface area (Å²) in [5, 5.41) is 8.78. The van der Waals surface area contributed by atoms with Crippen LogP contribution in [0.25, 0.3) is 0 Å². The lowest BCUT2D eigenvalue weighted by atomic mass is 10.2. The van der Waals surface area contributed by atoms with Crippen molar-refractivity contribution in [3.63, 3.8) is 0 Å². The third-order valence-corrected chi connectivity index (χ3v) is 2.21. The predicted molar refractivity (Wildman–Crippen MR) is 46.0 cm³/mol. The molecule has 1 saturated heterocycles. The average Bonchev–Trinajstić information content (AvgIpc) is 2.50. The summed E-state index contributed by atoms with van der Waals surface area (Å²) in [5.41, 5.74) is 5.39. The summed E-state index contributed by atoms with van der Waals surface area (Å²) in [4.78, 5) is 23.5. The fraction of sp³-hybridized carbons (Fsp3) is 0.750. The van der Waals surface area contributed by atoms with Gasteiger partial charge in [-0.2, -0.15) is 0 Å². The number of hydrogen-bond donors (Lipinski definition) is 2. The van der Waals surface area contributed by atoms with Crippen molar-refractivity contribution in [2.75, 3.05) is 6.54 Å². The van der Waals surface area contributed by atoms with E-state index in [1.54, 1.807) is 6.92 Å². The van der Waals surface area contributed by atoms with Crippen LogP contribution in [0.2, 0.25) is 0 Å². The van der Waals surface area contributed by atoms with Crippen molar-refractivity contribution >= 4 is 11.9 Å². The van der Waals surface area contributed by atoms with Crippen molar-refractivity contribution in [3.05, 3.63) is 0 Å². The normalized spacial score (nSPS) is 24.5. The number of hydrogen-bond acceptors (Lipinski definition) is 3. The molecular formula is C8H14N2O3. The Morgan fingerprint density at radius 2 is 2.23 bits per heavy atom. The fourth-order valence-electron chi connectivity index (χ4n) is 1.55. The second-order valence-electron chi connectivity index (χ2n) is 3.32. The summed E-state index contributed by atoms with van der Waals surface area (Å²) in [5.74, 6) is -1.21. The predicted octanol–water partition coefficient (Wildman–Crippen LogP) is -0.591. The van der Waals surface area contributed by atoms with Gasteiger partial charge in [0.25, 0.3) is 0 Å². The molecule has 1 aliphatic rings. The van der Waals surface area contributed by atoms with Gasteiger partial charge in [0.15, 0.2) is 0 Å². The van der Waals surface area contributed by atoms with E-state index in [1.807, 2.05) is 0 Å². The van der Waals surface area contributed by atoms with E-state index in [0.29, 0.717) is 13.0 Å². The van der Waals surface area contributed by atoms with E-state index in [-0.39, 0.29) is 5.91 Å². The minimum absolute atomic E-state index is 0.273. The summed E-state index contributed by atoms with van der Waals surface area (Å²) in [6, 6.07) is -1.28. The summed E-state index contributed by atoms with van der Waals surface area (Å²) >= 11 is 0. The standard InChI is InChI=1S/C8H14N2O3/c1-5(9)7(11)10-4-2-3-6(10)8(12)13/h5-6H,2-4,9H2,1H3,(H,12,13)/t5-,6?/m1/s1. The lowest BCUT2D eigenvalue weighted by Gasteiger charge is -2.22. The van der Waals surface area contributed by atoms with E-state index in [1.165, 1.54) is 4.90 Å². The third kappa shape index (κ3) is 1.98. The van der Waals surface area contributed by atoms with Crippen molar-refractivity contribution in [2.45, 2.75) is 31.8 Å². The van der Waals surface area contributed by atoms with Crippen LogP contribution in [0.3, 0.4) is 0 Å². The van der Waals surface area contributed by atoms with E-state index in [0.717, 1.165) is 6.42 Å². The summed E-state index contributed by atoms with van der Waals surface area (Å²) in [6.07, 6.45) is 1.28. The molecule has 2 atom stereocenters. The van der Waals surface area contributed by atoms with Gasteiger partial charge in [0.05, 0.1) is 6.04 Å². The van der Waals surface area contributed by atoms with Crippen molar-refractivity contribution in [3.8, 4) is 0 Å². The van der Waals surface area contributed by atoms with Crippen LogP contribution in [0, 0.1) is 0 Å². The molecule has 0 saturated carbocycles. The van der Waals surface area contributed by atoms with Gasteiger partial charge in [-0.1, -0.05) is 0 Å². The van der Waals surface area contributed by atoms with Crippen molar-refractivity contribution in [2.24, 2.45) is 5.73 Å². The molecule has 0 bridgehead atoms. The summed E-state index contributed by atoms with van der Waals surface area (Å²) in [7, 11) is 0. The van der Waals surface area contributed by atoms with Gasteiger partial charge in [-0.15, -0.1) is 0 Å². The lowest BCUT2D eigenvalue weighted by molar-refractivity contribution is -0.148. The highest BCUT2D eigenvalue weighted by molar-refractivity contribution is 5.87. The van der Waals surface area contributed by atoms with Crippen LogP contribution in [0.5, 0.6) is 0 Å². The molecule has 0 spiro atoms. The number of carboxylic acid groups (broad SMARTS) is 1. The van der Waals surface area contributed by atoms with Gasteiger partial charge in [-0.25, -0.2) is 4.79 Å². The van der Waals surface area contributed by atoms with Crippen LogP contribution < -0.4 is 5.73 Å². The van der Waals surface area contributed by atoms with E-state index < -0.39 is 18.1 Å². The van der Waals surface area contributed by atoms with Crippen LogP contribution in [0.1, 0.15) is 19.8 Å². The Morgan fingerprint density at radius 1 is 1.62 bits per heavy atom. The minimum atomic E-state index is -0.938. The van der Waals surface area contributed by atoms with Crippen LogP contribution in [0.15, 0.2) is 0 Å². The molecule has 1 rings (SSSR count). The molecule has 0 aromatic carbocycles. The molecule has 0 aromatic heterocycles. The Hall–Kier alpha value is -1.10. The number of aliphatic carboxylic acids is 1. The maximum atomic E-state index is 11.4. The first kappa shape index (κ1) is 9.98. The number of likely N-dealkylation sites (tertiary alicyclic amines) is 1. The monoisotopic (exact) mass is 186 g/mol. The van der Waals surface area contributed by atoms with E-state index in [2.05, 4.69) is 0 Å². The lowest BCUT2D eigenvalue weighted by Crippen LogP contribution is -2.47. The van der Waals surface area contributed by atoms with Gasteiger partial charge >= 0.3 is 5.97 Å². The number of carboxylic acids is 1. The van der Waals surface area contributed by atoms with Gasteiger partial charge in [-0.3, -0.25) is 4.79 Å². The maximum absolute atomic E-state index is 11.4. The molecule has 1 unspecified atom stereocenters. The Kier molecular flexibility index (Phi) is 2.87. The van der Waals surface area contributed by atoms with Gasteiger partial charge in [0, 0.05) is 6.54 Å². The van der Waals surface area contributed by atoms with Crippen LogP contribution in [-0.4, -0.2) is 40.5 Å². The second kappa shape index (κ2) is 3.74. The summed E-state index contributed by atoms with van der Waals surface area (Å²) < 4.78 is 0. The fourth-order valence-corrected chi connectivity index (χ4v) is 1.55. The first-order chi connectivity index (χ1) is 6.04. The maximum Gasteiger partial charge on any atom is 0.326 e. The number of nitrogens with two attached hydrogens (primary N) is 1. The molecule has 74 valence electrons. The van der Waals surface area contributed by atoms with E-state index >= 15 is 0 Å². The molecule has 0 aromatic rings. The van der Waals surface area contributed by atoms with Crippen LogP contribution in [-0.2, 0) is 9.59 Å². The molecule has 1 amide bonds. The van der Waals surface area contributed by atoms with E-state index in [9.17, 15) is 9.59 Å². The van der Waals surface area contributed by atoms with Gasteiger partial charge in [0.2, 0.25) is 5.91 Å². The number of nitrogens with zero attached hydrogens (tertiary/aromatic N) is 1. The zero-order valence-electron chi connectivity index (χ0n) is 7.56. The molecule has 3 N–H and O–H groups in total. The Morgan fingerprint density at radius 3 is 2.69 bits per heavy atom. The highest BCUT2D eigenvalue weighted by atomic mass is 16.4. The van der Waals surface area contributed by atoms with Gasteiger partial charge in [-0.05, 0) is 19.8 Å². The molecule has 13 heavy (non-hydrogen) atoms. The highest BCUT2D eigenvalue weighted by Crippen LogP contribution is 2.17. The van der Waals surface area contributed by atoms with Crippen LogP contribution >= 0.6 is 0 Å². The summed E-state index contributed by atoms with van der Waals surface area (Å²) in [6.45, 7) is 2.08. The molecule has 1 heterocycles. The Balaban J connectivity index is 2.68. The van der Waals surface area contributed by atoms with Crippen molar-refractivity contribution in [1.29, 1.82) is 0 Å². The largest absolute Gasteiger partial charge is 0.480 e. The Bertz CT molecular complexity index is 227. The quantitative estimate of drug-likeness (QED) is 0.603. The number of amides is 1. The SMILES string of the molecule is C[C@@H](N)C(=O)N1CCCC1C(=O)O. The first-order valence-corrected chi connectivity index (χ1v) is 4.33. The van der Waals surface area contributed by atoms with Crippen molar-refractivity contribution in [1.82, 2.24) is 4.90 Å². The minimum Gasteiger partial charge on any atom is -0.480 e. The molecule has 0 aliphatic carbocycles. The Labute approximate surface area is 76.5 Å². The topological polar surface area (TPSA) is 83.6 Å². The highest BCUT2D eigenvalue weighted by Gasteiger charge is 2.34. The molecule has 1 aliphatic heterocycles. The number of carbonyl (C=O) groups excluding carboxylic acids is 1. The number of carbonyl (C=O) groups is 2. The van der Waals surface area contributed by atoms with Gasteiger partial charge in [0.1, 0.15) is 6.04 Å². The van der Waals surface area contributed by atoms with Gasteiger partial charge < -0.3 is 15.7 Å². The zero-order chi connectivity index (χ0) is 10.0. The molecule has 1 fully saturated rings. The smallest absolute Gasteiger partial charge is 0.326 e. The second-order valence-corrected chi connectivity index (χ2v) is 3.32. The van der Waals surface area contributed by atoms with Crippen molar-refractivity contribution < 1.29 is 14.7 Å².